The molecule has 1 heterocycles. The lowest BCUT2D eigenvalue weighted by Gasteiger charge is -2.16. The summed E-state index contributed by atoms with van der Waals surface area (Å²) in [6.07, 6.45) is 1.67. The molecule has 2 aromatic carbocycles. The van der Waals surface area contributed by atoms with Gasteiger partial charge in [0.2, 0.25) is 5.91 Å². The fourth-order valence-corrected chi connectivity index (χ4v) is 3.16. The number of fused-ring (bicyclic) bond motifs is 1. The highest BCUT2D eigenvalue weighted by Crippen LogP contribution is 2.08. The van der Waals surface area contributed by atoms with Crippen LogP contribution in [0.3, 0.4) is 0 Å². The van der Waals surface area contributed by atoms with Crippen molar-refractivity contribution in [2.45, 2.75) is 32.4 Å². The maximum absolute atomic E-state index is 12.5. The molecule has 1 amide bonds. The number of hydrogen-bond donors (Lipinski definition) is 1. The van der Waals surface area contributed by atoms with Gasteiger partial charge in [-0.05, 0) is 37.5 Å². The third kappa shape index (κ3) is 4.16. The predicted octanol–water partition coefficient (Wildman–Crippen LogP) is 1.84. The van der Waals surface area contributed by atoms with Gasteiger partial charge < -0.3 is 5.32 Å². The molecule has 0 aliphatic carbocycles. The van der Waals surface area contributed by atoms with Crippen LogP contribution < -0.4 is 16.6 Å². The van der Waals surface area contributed by atoms with Crippen LogP contribution in [0.2, 0.25) is 0 Å². The van der Waals surface area contributed by atoms with Crippen LogP contribution in [0.5, 0.6) is 0 Å². The van der Waals surface area contributed by atoms with Crippen molar-refractivity contribution in [2.75, 3.05) is 0 Å². The first-order valence-corrected chi connectivity index (χ1v) is 8.99. The Morgan fingerprint density at radius 2 is 1.70 bits per heavy atom. The minimum Gasteiger partial charge on any atom is -0.352 e. The Labute approximate surface area is 157 Å². The van der Waals surface area contributed by atoms with Crippen LogP contribution in [-0.4, -0.2) is 21.1 Å². The van der Waals surface area contributed by atoms with Crippen LogP contribution in [0.1, 0.15) is 18.9 Å². The van der Waals surface area contributed by atoms with E-state index in [2.05, 4.69) is 17.4 Å². The molecular formula is C21H23N3O3. The number of aryl methyl sites for hydroxylation is 1. The highest BCUT2D eigenvalue weighted by molar-refractivity contribution is 5.81. The van der Waals surface area contributed by atoms with E-state index in [0.29, 0.717) is 10.9 Å². The Morgan fingerprint density at radius 3 is 2.44 bits per heavy atom. The van der Waals surface area contributed by atoms with Crippen molar-refractivity contribution in [3.63, 3.8) is 0 Å². The van der Waals surface area contributed by atoms with Crippen LogP contribution in [-0.2, 0) is 24.8 Å². The molecular weight excluding hydrogens is 342 g/mol. The number of hydrogen-bond acceptors (Lipinski definition) is 3. The molecule has 0 radical (unpaired) electrons. The topological polar surface area (TPSA) is 73.1 Å². The first kappa shape index (κ1) is 18.6. The first-order valence-electron chi connectivity index (χ1n) is 8.99. The van der Waals surface area contributed by atoms with Crippen molar-refractivity contribution < 1.29 is 4.79 Å². The molecule has 0 saturated carbocycles. The SMILES string of the molecule is C[C@@H](CCc1ccccc1)NC(=O)Cn1c(=O)n(C)c(=O)c2ccccc21. The molecule has 3 rings (SSSR count). The zero-order valence-electron chi connectivity index (χ0n) is 15.5. The first-order chi connectivity index (χ1) is 13.0. The Bertz CT molecular complexity index is 1070. The lowest BCUT2D eigenvalue weighted by molar-refractivity contribution is -0.122. The van der Waals surface area contributed by atoms with Crippen molar-refractivity contribution in [3.05, 3.63) is 81.0 Å². The molecule has 0 unspecified atom stereocenters. The number of amides is 1. The summed E-state index contributed by atoms with van der Waals surface area (Å²) in [6.45, 7) is 1.83. The molecule has 3 aromatic rings. The van der Waals surface area contributed by atoms with Crippen LogP contribution in [0, 0.1) is 0 Å². The van der Waals surface area contributed by atoms with E-state index < -0.39 is 5.69 Å². The van der Waals surface area contributed by atoms with Gasteiger partial charge in [0, 0.05) is 13.1 Å². The zero-order chi connectivity index (χ0) is 19.4. The fraction of sp³-hybridized carbons (Fsp3) is 0.286. The molecule has 0 aliphatic heterocycles. The number of rotatable bonds is 6. The smallest absolute Gasteiger partial charge is 0.331 e. The molecule has 27 heavy (non-hydrogen) atoms. The average molecular weight is 365 g/mol. The van der Waals surface area contributed by atoms with Gasteiger partial charge in [-0.2, -0.15) is 0 Å². The number of nitrogens with one attached hydrogen (secondary N) is 1. The van der Waals surface area contributed by atoms with Gasteiger partial charge >= 0.3 is 5.69 Å². The minimum atomic E-state index is -0.495. The fourth-order valence-electron chi connectivity index (χ4n) is 3.16. The summed E-state index contributed by atoms with van der Waals surface area (Å²) >= 11 is 0. The van der Waals surface area contributed by atoms with E-state index >= 15 is 0 Å². The van der Waals surface area contributed by atoms with E-state index in [4.69, 9.17) is 0 Å². The van der Waals surface area contributed by atoms with E-state index in [-0.39, 0.29) is 24.1 Å². The van der Waals surface area contributed by atoms with Gasteiger partial charge in [0.15, 0.2) is 0 Å². The molecule has 0 spiro atoms. The van der Waals surface area contributed by atoms with E-state index in [1.165, 1.54) is 17.2 Å². The highest BCUT2D eigenvalue weighted by Gasteiger charge is 2.14. The minimum absolute atomic E-state index is 0.0211. The lowest BCUT2D eigenvalue weighted by atomic mass is 10.1. The number of carbonyl (C=O) groups excluding carboxylic acids is 1. The summed E-state index contributed by atoms with van der Waals surface area (Å²) in [4.78, 5) is 37.2. The van der Waals surface area contributed by atoms with Crippen LogP contribution >= 0.6 is 0 Å². The van der Waals surface area contributed by atoms with E-state index in [1.54, 1.807) is 24.3 Å². The number of nitrogens with zero attached hydrogens (tertiary/aromatic N) is 2. The van der Waals surface area contributed by atoms with Crippen LogP contribution in [0.25, 0.3) is 10.9 Å². The Hall–Kier alpha value is -3.15. The van der Waals surface area contributed by atoms with Crippen molar-refractivity contribution >= 4 is 16.8 Å². The summed E-state index contributed by atoms with van der Waals surface area (Å²) in [5.74, 6) is -0.249. The highest BCUT2D eigenvalue weighted by atomic mass is 16.2. The molecule has 0 aliphatic rings. The Morgan fingerprint density at radius 1 is 1.04 bits per heavy atom. The van der Waals surface area contributed by atoms with Crippen molar-refractivity contribution in [1.29, 1.82) is 0 Å². The molecule has 1 aromatic heterocycles. The van der Waals surface area contributed by atoms with Gasteiger partial charge in [-0.15, -0.1) is 0 Å². The predicted molar refractivity (Wildman–Crippen MR) is 106 cm³/mol. The summed E-state index contributed by atoms with van der Waals surface area (Å²) in [6, 6.07) is 16.9. The molecule has 1 N–H and O–H groups in total. The molecule has 6 nitrogen and oxygen atoms in total. The molecule has 1 atom stereocenters. The Kier molecular flexibility index (Phi) is 5.54. The molecule has 0 bridgehead atoms. The third-order valence-corrected chi connectivity index (χ3v) is 4.67. The lowest BCUT2D eigenvalue weighted by Crippen LogP contribution is -2.42. The third-order valence-electron chi connectivity index (χ3n) is 4.67. The second kappa shape index (κ2) is 8.03. The maximum atomic E-state index is 12.5. The molecule has 6 heteroatoms. The van der Waals surface area contributed by atoms with Crippen LogP contribution in [0.4, 0.5) is 0 Å². The number of benzene rings is 2. The van der Waals surface area contributed by atoms with E-state index in [0.717, 1.165) is 17.4 Å². The second-order valence-electron chi connectivity index (χ2n) is 6.74. The van der Waals surface area contributed by atoms with Gasteiger partial charge in [0.05, 0.1) is 10.9 Å². The van der Waals surface area contributed by atoms with Crippen molar-refractivity contribution in [1.82, 2.24) is 14.5 Å². The standard InChI is InChI=1S/C21H23N3O3/c1-15(12-13-16-8-4-3-5-9-16)22-19(25)14-24-18-11-7-6-10-17(18)20(26)23(2)21(24)27/h3-11,15H,12-14H2,1-2H3,(H,22,25)/t15-/m0/s1. The summed E-state index contributed by atoms with van der Waals surface area (Å²) in [5.41, 5.74) is 0.839. The monoisotopic (exact) mass is 365 g/mol. The molecule has 0 saturated heterocycles. The largest absolute Gasteiger partial charge is 0.352 e. The molecule has 140 valence electrons. The summed E-state index contributed by atoms with van der Waals surface area (Å²) in [5, 5.41) is 3.36. The summed E-state index contributed by atoms with van der Waals surface area (Å²) in [7, 11) is 1.42. The second-order valence-corrected chi connectivity index (χ2v) is 6.74. The van der Waals surface area contributed by atoms with E-state index in [9.17, 15) is 14.4 Å². The number of para-hydroxylation sites is 1. The van der Waals surface area contributed by atoms with Crippen LogP contribution in [0.15, 0.2) is 64.2 Å². The maximum Gasteiger partial charge on any atom is 0.331 e. The zero-order valence-corrected chi connectivity index (χ0v) is 15.5. The Balaban J connectivity index is 1.73. The van der Waals surface area contributed by atoms with Gasteiger partial charge in [-0.1, -0.05) is 42.5 Å². The van der Waals surface area contributed by atoms with Gasteiger partial charge in [-0.25, -0.2) is 4.79 Å². The normalized spacial score (nSPS) is 12.1. The van der Waals surface area contributed by atoms with E-state index in [1.807, 2.05) is 25.1 Å². The number of carbonyl (C=O) groups is 1. The van der Waals surface area contributed by atoms with Gasteiger partial charge in [0.25, 0.3) is 5.56 Å². The van der Waals surface area contributed by atoms with Crippen molar-refractivity contribution in [3.8, 4) is 0 Å². The average Bonchev–Trinajstić information content (AvgIpc) is 2.69. The van der Waals surface area contributed by atoms with Gasteiger partial charge in [0.1, 0.15) is 6.54 Å². The van der Waals surface area contributed by atoms with Crippen molar-refractivity contribution in [2.24, 2.45) is 7.05 Å². The number of aromatic nitrogens is 2. The quantitative estimate of drug-likeness (QED) is 0.724. The summed E-state index contributed by atoms with van der Waals surface area (Å²) < 4.78 is 2.38. The molecule has 0 fully saturated rings. The van der Waals surface area contributed by atoms with Gasteiger partial charge in [-0.3, -0.25) is 18.7 Å².